The van der Waals surface area contributed by atoms with Crippen LogP contribution in [0.25, 0.3) is 0 Å². The third kappa shape index (κ3) is 586. The van der Waals surface area contributed by atoms with Gasteiger partial charge in [0.2, 0.25) is 0 Å². The second kappa shape index (κ2) is 43.3. The molecular weight excluding hydrogens is 83.5 g/mol. The van der Waals surface area contributed by atoms with Gasteiger partial charge in [-0.15, -0.1) is 24.8 Å². The molecule has 0 aliphatic heterocycles. The first-order chi connectivity index (χ1) is 1.41. The summed E-state index contributed by atoms with van der Waals surface area (Å²) in [6.45, 7) is 1.65. The number of hydrogen-bond donors (Lipinski definition) is 0. The maximum atomic E-state index is 4.60. The van der Waals surface area contributed by atoms with Crippen LogP contribution in [0.4, 0.5) is 0 Å². The van der Waals surface area contributed by atoms with Gasteiger partial charge < -0.3 is 0 Å². The highest BCUT2D eigenvalue weighted by atomic mass is 35.5. The van der Waals surface area contributed by atoms with Crippen LogP contribution in [0.3, 0.4) is 0 Å². The smallest absolute Gasteiger partial charge is 0 e. The van der Waals surface area contributed by atoms with Gasteiger partial charge in [-0.25, -0.2) is 0 Å². The Morgan fingerprint density at radius 2 is 1.80 bits per heavy atom. The Morgan fingerprint density at radius 1 is 1.80 bits per heavy atom. The van der Waals surface area contributed by atoms with E-state index in [0.29, 0.717) is 0 Å². The summed E-state index contributed by atoms with van der Waals surface area (Å²) in [6, 6.07) is 0. The minimum absolute atomic E-state index is 0. The van der Waals surface area contributed by atoms with E-state index in [1.807, 2.05) is 0 Å². The largest absolute Gasteiger partial charge is 0.147 e. The van der Waals surface area contributed by atoms with Crippen molar-refractivity contribution in [2.24, 2.45) is 0 Å². The molecule has 0 aliphatic carbocycles. The third-order valence-electron chi connectivity index (χ3n) is 0. The first kappa shape index (κ1) is 21.0. The van der Waals surface area contributed by atoms with Gasteiger partial charge in [0.15, 0.2) is 0 Å². The average Bonchev–Trinajstić information content (AvgIpc) is 0.918. The number of rotatable bonds is 0. The number of halogens is 1. The highest BCUT2D eigenvalue weighted by Gasteiger charge is 1.09. The Labute approximate surface area is 41.5 Å². The van der Waals surface area contributed by atoms with E-state index in [1.165, 1.54) is 0 Å². The second-order valence-corrected chi connectivity index (χ2v) is 0.289. The van der Waals surface area contributed by atoms with Crippen LogP contribution in [0.2, 0.25) is 0 Å². The van der Waals surface area contributed by atoms with Crippen molar-refractivity contribution in [2.75, 3.05) is 0 Å². The fraction of sp³-hybridized carbons (Fsp3) is 0.500. The van der Waals surface area contributed by atoms with E-state index in [9.17, 15) is 0 Å². The van der Waals surface area contributed by atoms with Gasteiger partial charge in [-0.2, -0.15) is 0 Å². The molecule has 0 amide bonds. The highest BCUT2D eigenvalue weighted by molar-refractivity contribution is 5.85. The summed E-state index contributed by atoms with van der Waals surface area (Å²) in [5, 5.41) is 0. The van der Waals surface area contributed by atoms with Crippen LogP contribution in [0.1, 0.15) is 15.8 Å². The van der Waals surface area contributed by atoms with Gasteiger partial charge in [0.25, 0.3) is 0 Å². The van der Waals surface area contributed by atoms with E-state index >= 15 is 0 Å². The molecule has 0 aliphatic rings. The van der Waals surface area contributed by atoms with Crippen LogP contribution < -0.4 is 0 Å². The summed E-state index contributed by atoms with van der Waals surface area (Å²) >= 11 is 0. The third-order valence-corrected chi connectivity index (χ3v) is 0. The van der Waals surface area contributed by atoms with Crippen LogP contribution in [0.15, 0.2) is 0 Å². The zero-order valence-electron chi connectivity index (χ0n) is 2.49. The Hall–Kier alpha value is -0.150. The SMILES string of the molecule is C.C#CC.Cl.[HH]. The van der Waals surface area contributed by atoms with Gasteiger partial charge >= 0.3 is 0 Å². The van der Waals surface area contributed by atoms with Gasteiger partial charge in [0, 0.05) is 1.43 Å². The predicted molar refractivity (Wildman–Crippen MR) is 30.6 cm³/mol. The lowest BCUT2D eigenvalue weighted by molar-refractivity contribution is 1.94. The summed E-state index contributed by atoms with van der Waals surface area (Å²) in [6.07, 6.45) is 4.60. The van der Waals surface area contributed by atoms with E-state index in [2.05, 4.69) is 12.3 Å². The molecule has 0 radical (unpaired) electrons. The predicted octanol–water partition coefficient (Wildman–Crippen LogP) is 1.94. The van der Waals surface area contributed by atoms with Gasteiger partial charge in [0.1, 0.15) is 0 Å². The summed E-state index contributed by atoms with van der Waals surface area (Å²) < 4.78 is 0. The Morgan fingerprint density at radius 3 is 1.80 bits per heavy atom. The zero-order chi connectivity index (χ0) is 2.71. The van der Waals surface area contributed by atoms with Crippen LogP contribution in [-0.4, -0.2) is 0 Å². The van der Waals surface area contributed by atoms with Crippen LogP contribution in [0, 0.1) is 12.3 Å². The van der Waals surface area contributed by atoms with Crippen molar-refractivity contribution in [2.45, 2.75) is 14.4 Å². The summed E-state index contributed by atoms with van der Waals surface area (Å²) in [5.41, 5.74) is 0. The van der Waals surface area contributed by atoms with E-state index in [4.69, 9.17) is 0 Å². The monoisotopic (exact) mass is 94.1 g/mol. The van der Waals surface area contributed by atoms with Gasteiger partial charge in [-0.1, -0.05) is 7.43 Å². The second-order valence-electron chi connectivity index (χ2n) is 0.289. The molecule has 0 saturated heterocycles. The van der Waals surface area contributed by atoms with Crippen molar-refractivity contribution in [1.82, 2.24) is 0 Å². The Balaban J connectivity index is -0.00000000667. The van der Waals surface area contributed by atoms with E-state index in [-0.39, 0.29) is 21.3 Å². The van der Waals surface area contributed by atoms with Crippen molar-refractivity contribution in [1.29, 1.82) is 0 Å². The highest BCUT2D eigenvalue weighted by Crippen LogP contribution is 1.21. The molecule has 0 unspecified atom stereocenters. The summed E-state index contributed by atoms with van der Waals surface area (Å²) in [5.74, 6) is 2.25. The van der Waals surface area contributed by atoms with Crippen molar-refractivity contribution < 1.29 is 1.43 Å². The molecule has 0 heterocycles. The van der Waals surface area contributed by atoms with Crippen LogP contribution in [-0.2, 0) is 0 Å². The molecule has 5 heavy (non-hydrogen) atoms. The van der Waals surface area contributed by atoms with Crippen molar-refractivity contribution in [3.8, 4) is 12.3 Å². The van der Waals surface area contributed by atoms with E-state index in [0.717, 1.165) is 0 Å². The first-order valence-electron chi connectivity index (χ1n) is 0.789. The molecule has 0 N–H and O–H groups in total. The van der Waals surface area contributed by atoms with Crippen LogP contribution >= 0.6 is 12.4 Å². The molecule has 0 spiro atoms. The molecule has 0 fully saturated rings. The minimum Gasteiger partial charge on any atom is -0.147 e. The lowest BCUT2D eigenvalue weighted by Gasteiger charge is -1.23. The molecule has 0 rings (SSSR count). The van der Waals surface area contributed by atoms with Crippen LogP contribution in [0.5, 0.6) is 0 Å². The first-order valence-corrected chi connectivity index (χ1v) is 0.789. The Kier molecular flexibility index (Phi) is 182. The maximum absolute atomic E-state index is 4.60. The normalized spacial score (nSPS) is 1.60. The van der Waals surface area contributed by atoms with E-state index in [1.54, 1.807) is 6.92 Å². The lowest BCUT2D eigenvalue weighted by atomic mass is 10.9. The average molecular weight is 94.6 g/mol. The molecule has 0 aromatic heterocycles. The molecule has 0 atom stereocenters. The topological polar surface area (TPSA) is 0 Å². The van der Waals surface area contributed by atoms with Gasteiger partial charge in [-0.3, -0.25) is 0 Å². The molecule has 0 aromatic carbocycles. The molecule has 1 heteroatoms. The molecular formula is C4H11Cl. The zero-order valence-corrected chi connectivity index (χ0v) is 3.30. The quantitative estimate of drug-likeness (QED) is 0.403. The fourth-order valence-electron chi connectivity index (χ4n) is 0. The maximum Gasteiger partial charge on any atom is 0 e. The van der Waals surface area contributed by atoms with E-state index < -0.39 is 0 Å². The molecule has 0 aromatic rings. The molecule has 0 nitrogen and oxygen atoms in total. The van der Waals surface area contributed by atoms with Crippen molar-refractivity contribution >= 4 is 12.4 Å². The standard InChI is InChI=1S/C3H4.CH4.ClH.H2/c1-3-2;;;/h1H,2H3;1H4;2*1H. The minimum atomic E-state index is 0. The summed E-state index contributed by atoms with van der Waals surface area (Å²) in [4.78, 5) is 0. The van der Waals surface area contributed by atoms with Crippen molar-refractivity contribution in [3.63, 3.8) is 0 Å². The number of hydrogen-bond acceptors (Lipinski definition) is 0. The molecule has 34 valence electrons. The van der Waals surface area contributed by atoms with Crippen molar-refractivity contribution in [3.05, 3.63) is 0 Å². The number of terminal acetylenes is 1. The summed E-state index contributed by atoms with van der Waals surface area (Å²) in [7, 11) is 0. The Bertz CT molecular complexity index is 29.0. The van der Waals surface area contributed by atoms with Gasteiger partial charge in [-0.05, 0) is 6.92 Å². The molecule has 0 bridgehead atoms. The lowest BCUT2D eigenvalue weighted by Crippen LogP contribution is -1.10. The fourth-order valence-corrected chi connectivity index (χ4v) is 0. The van der Waals surface area contributed by atoms with Gasteiger partial charge in [0.05, 0.1) is 0 Å². The molecule has 0 saturated carbocycles.